The lowest BCUT2D eigenvalue weighted by atomic mass is 10.3. The summed E-state index contributed by atoms with van der Waals surface area (Å²) >= 11 is 3.16. The molecule has 0 saturated carbocycles. The van der Waals surface area contributed by atoms with Gasteiger partial charge >= 0.3 is 16.3 Å². The Hall–Kier alpha value is -1.35. The van der Waals surface area contributed by atoms with Crippen LogP contribution in [0.2, 0.25) is 0 Å². The summed E-state index contributed by atoms with van der Waals surface area (Å²) in [7, 11) is -4.02. The van der Waals surface area contributed by atoms with Crippen molar-refractivity contribution >= 4 is 37.9 Å². The second-order valence-electron chi connectivity index (χ2n) is 3.19. The average molecular weight is 338 g/mol. The second-order valence-corrected chi connectivity index (χ2v) is 5.42. The van der Waals surface area contributed by atoms with Crippen molar-refractivity contribution in [3.63, 3.8) is 0 Å². The molecule has 0 unspecified atom stereocenters. The number of nitrogens with one attached hydrogen (secondary N) is 2. The summed E-state index contributed by atoms with van der Waals surface area (Å²) in [6, 6.07) is 3.10. The molecule has 0 aliphatic heterocycles. The zero-order chi connectivity index (χ0) is 13.8. The van der Waals surface area contributed by atoms with Crippen LogP contribution in [-0.2, 0) is 14.9 Å². The minimum atomic E-state index is -4.02. The van der Waals surface area contributed by atoms with Crippen LogP contribution in [0.4, 0.5) is 10.5 Å². The van der Waals surface area contributed by atoms with Gasteiger partial charge in [-0.1, -0.05) is 0 Å². The van der Waals surface area contributed by atoms with E-state index in [2.05, 4.69) is 30.4 Å². The van der Waals surface area contributed by atoms with E-state index in [1.807, 2.05) is 0 Å². The molecule has 0 aliphatic carbocycles. The van der Waals surface area contributed by atoms with Gasteiger partial charge in [-0.15, -0.1) is 0 Å². The smallest absolute Gasteiger partial charge is 0.422 e. The minimum absolute atomic E-state index is 0.0836. The molecule has 1 rings (SSSR count). The first-order valence-electron chi connectivity index (χ1n) is 4.94. The van der Waals surface area contributed by atoms with Crippen LogP contribution in [-0.4, -0.2) is 26.1 Å². The molecular formula is C9H12BrN3O4S. The van der Waals surface area contributed by atoms with Crippen LogP contribution in [0.5, 0.6) is 0 Å². The van der Waals surface area contributed by atoms with Gasteiger partial charge in [-0.3, -0.25) is 4.72 Å². The summed E-state index contributed by atoms with van der Waals surface area (Å²) < 4.78 is 32.1. The Morgan fingerprint density at radius 1 is 1.50 bits per heavy atom. The van der Waals surface area contributed by atoms with Crippen LogP contribution < -0.4 is 9.44 Å². The van der Waals surface area contributed by atoms with E-state index < -0.39 is 16.3 Å². The fourth-order valence-corrected chi connectivity index (χ4v) is 2.31. The number of hydrogen-bond donors (Lipinski definition) is 2. The van der Waals surface area contributed by atoms with Crippen molar-refractivity contribution in [3.05, 3.63) is 22.4 Å². The van der Waals surface area contributed by atoms with Gasteiger partial charge in [0.05, 0.1) is 18.0 Å². The van der Waals surface area contributed by atoms with Crippen molar-refractivity contribution < 1.29 is 17.9 Å². The maximum absolute atomic E-state index is 11.6. The Kier molecular flexibility index (Phi) is 4.91. The molecule has 1 amide bonds. The van der Waals surface area contributed by atoms with Crippen LogP contribution >= 0.6 is 15.9 Å². The van der Waals surface area contributed by atoms with Gasteiger partial charge in [0.25, 0.3) is 0 Å². The zero-order valence-electron chi connectivity index (χ0n) is 9.73. The van der Waals surface area contributed by atoms with Gasteiger partial charge in [-0.2, -0.15) is 8.42 Å². The number of ether oxygens (including phenoxy) is 1. The predicted molar refractivity (Wildman–Crippen MR) is 69.4 cm³/mol. The molecule has 18 heavy (non-hydrogen) atoms. The Bertz CT molecular complexity index is 547. The molecular weight excluding hydrogens is 326 g/mol. The Morgan fingerprint density at radius 3 is 2.72 bits per heavy atom. The number of pyridine rings is 1. The predicted octanol–water partition coefficient (Wildman–Crippen LogP) is 1.56. The van der Waals surface area contributed by atoms with Gasteiger partial charge < -0.3 is 4.74 Å². The lowest BCUT2D eigenvalue weighted by Crippen LogP contribution is -2.35. The molecule has 0 fully saturated rings. The average Bonchev–Trinajstić information content (AvgIpc) is 2.21. The Balaban J connectivity index is 2.79. The highest BCUT2D eigenvalue weighted by atomic mass is 79.9. The molecule has 0 spiro atoms. The molecule has 0 atom stereocenters. The van der Waals surface area contributed by atoms with Gasteiger partial charge in [0, 0.05) is 0 Å². The summed E-state index contributed by atoms with van der Waals surface area (Å²) in [6.45, 7) is 3.29. The Labute approximate surface area is 113 Å². The number of halogens is 1. The van der Waals surface area contributed by atoms with E-state index in [-0.39, 0.29) is 12.3 Å². The van der Waals surface area contributed by atoms with Crippen LogP contribution in [0.25, 0.3) is 0 Å². The minimum Gasteiger partial charge on any atom is -0.449 e. The summed E-state index contributed by atoms with van der Waals surface area (Å²) in [4.78, 5) is 15.0. The number of nitrogens with zero attached hydrogens (tertiary/aromatic N) is 1. The quantitative estimate of drug-likeness (QED) is 0.812. The fraction of sp³-hybridized carbons (Fsp3) is 0.333. The molecule has 0 aliphatic rings. The molecule has 1 aromatic heterocycles. The van der Waals surface area contributed by atoms with E-state index in [9.17, 15) is 13.2 Å². The molecule has 0 radical (unpaired) electrons. The standard InChI is InChI=1S/C9H12BrN3O4S/c1-3-17-9(14)13-18(15,16)12-7-4-5-8(10)11-6(7)2/h4-5,12H,3H2,1-2H3,(H,13,14). The molecule has 1 aromatic rings. The SMILES string of the molecule is CCOC(=O)NS(=O)(=O)Nc1ccc(Br)nc1C. The summed E-state index contributed by atoms with van der Waals surface area (Å²) in [5, 5.41) is 0. The summed E-state index contributed by atoms with van der Waals surface area (Å²) in [5.41, 5.74) is 0.744. The number of amides is 1. The number of anilines is 1. The number of aryl methyl sites for hydroxylation is 1. The first kappa shape index (κ1) is 14.7. The monoisotopic (exact) mass is 337 g/mol. The van der Waals surface area contributed by atoms with Crippen molar-refractivity contribution in [2.45, 2.75) is 13.8 Å². The van der Waals surface area contributed by atoms with Gasteiger partial charge in [0.1, 0.15) is 4.60 Å². The highest BCUT2D eigenvalue weighted by Crippen LogP contribution is 2.16. The normalized spacial score (nSPS) is 10.8. The third-order valence-corrected chi connectivity index (χ3v) is 3.15. The van der Waals surface area contributed by atoms with Gasteiger partial charge in [0.15, 0.2) is 0 Å². The summed E-state index contributed by atoms with van der Waals surface area (Å²) in [6.07, 6.45) is -1.03. The van der Waals surface area contributed by atoms with E-state index in [1.165, 1.54) is 6.07 Å². The van der Waals surface area contributed by atoms with Gasteiger partial charge in [-0.05, 0) is 41.9 Å². The Morgan fingerprint density at radius 2 is 2.17 bits per heavy atom. The second kappa shape index (κ2) is 6.01. The number of carbonyl (C=O) groups is 1. The molecule has 2 N–H and O–H groups in total. The molecule has 100 valence electrons. The maximum Gasteiger partial charge on any atom is 0.422 e. The molecule has 0 bridgehead atoms. The van der Waals surface area contributed by atoms with Crippen molar-refractivity contribution in [3.8, 4) is 0 Å². The number of rotatable bonds is 4. The molecule has 9 heteroatoms. The van der Waals surface area contributed by atoms with Gasteiger partial charge in [-0.25, -0.2) is 14.5 Å². The van der Waals surface area contributed by atoms with E-state index in [4.69, 9.17) is 0 Å². The number of hydrogen-bond acceptors (Lipinski definition) is 5. The molecule has 7 nitrogen and oxygen atoms in total. The number of aromatic nitrogens is 1. The number of carbonyl (C=O) groups excluding carboxylic acids is 1. The van der Waals surface area contributed by atoms with Crippen molar-refractivity contribution in [1.29, 1.82) is 0 Å². The highest BCUT2D eigenvalue weighted by Gasteiger charge is 2.16. The lowest BCUT2D eigenvalue weighted by Gasteiger charge is -2.10. The lowest BCUT2D eigenvalue weighted by molar-refractivity contribution is 0.159. The van der Waals surface area contributed by atoms with Crippen LogP contribution in [0.1, 0.15) is 12.6 Å². The third kappa shape index (κ3) is 4.49. The van der Waals surface area contributed by atoms with E-state index in [1.54, 1.807) is 24.6 Å². The highest BCUT2D eigenvalue weighted by molar-refractivity contribution is 9.10. The zero-order valence-corrected chi connectivity index (χ0v) is 12.1. The van der Waals surface area contributed by atoms with E-state index in [0.717, 1.165) is 0 Å². The first-order valence-corrected chi connectivity index (χ1v) is 7.22. The molecule has 1 heterocycles. The van der Waals surface area contributed by atoms with Crippen LogP contribution in [0, 0.1) is 6.92 Å². The summed E-state index contributed by atoms with van der Waals surface area (Å²) in [5.74, 6) is 0. The van der Waals surface area contributed by atoms with Crippen LogP contribution in [0.3, 0.4) is 0 Å². The van der Waals surface area contributed by atoms with Crippen molar-refractivity contribution in [2.24, 2.45) is 0 Å². The largest absolute Gasteiger partial charge is 0.449 e. The first-order chi connectivity index (χ1) is 8.34. The third-order valence-electron chi connectivity index (χ3n) is 1.79. The maximum atomic E-state index is 11.6. The van der Waals surface area contributed by atoms with E-state index in [0.29, 0.717) is 10.3 Å². The van der Waals surface area contributed by atoms with Gasteiger partial charge in [0.2, 0.25) is 0 Å². The molecule has 0 aromatic carbocycles. The topological polar surface area (TPSA) is 97.4 Å². The van der Waals surface area contributed by atoms with Crippen molar-refractivity contribution in [2.75, 3.05) is 11.3 Å². The van der Waals surface area contributed by atoms with Crippen molar-refractivity contribution in [1.82, 2.24) is 9.71 Å². The molecule has 0 saturated heterocycles. The van der Waals surface area contributed by atoms with E-state index >= 15 is 0 Å². The van der Waals surface area contributed by atoms with Crippen LogP contribution in [0.15, 0.2) is 16.7 Å². The fourth-order valence-electron chi connectivity index (χ4n) is 1.08.